The van der Waals surface area contributed by atoms with Crippen LogP contribution in [-0.4, -0.2) is 23.6 Å². The number of benzene rings is 1. The third kappa shape index (κ3) is 2.59. The number of rotatable bonds is 4. The molecule has 1 aromatic rings. The van der Waals surface area contributed by atoms with Gasteiger partial charge >= 0.3 is 0 Å². The normalized spacial score (nSPS) is 24.6. The van der Waals surface area contributed by atoms with Crippen LogP contribution < -0.4 is 4.84 Å². The highest BCUT2D eigenvalue weighted by Gasteiger charge is 2.46. The molecule has 1 unspecified atom stereocenters. The lowest BCUT2D eigenvalue weighted by Gasteiger charge is -2.38. The standard InChI is InChI=1S/C16H22N2OS/c1-12-9-14(5-6-15(12)19-17-3)20-18-11-16(7-4-8-16)10-13(18)2/h5-6,9,13H,3-4,7-8,10-11H2,1-2H3. The summed E-state index contributed by atoms with van der Waals surface area (Å²) < 4.78 is 2.56. The highest BCUT2D eigenvalue weighted by molar-refractivity contribution is 7.97. The average Bonchev–Trinajstić information content (AvgIpc) is 2.71. The molecule has 0 N–H and O–H groups in total. The fraction of sp³-hybridized carbons (Fsp3) is 0.562. The lowest BCUT2D eigenvalue weighted by molar-refractivity contribution is 0.154. The predicted molar refractivity (Wildman–Crippen MR) is 84.3 cm³/mol. The van der Waals surface area contributed by atoms with Gasteiger partial charge in [0.25, 0.3) is 0 Å². The second-order valence-electron chi connectivity index (χ2n) is 6.22. The SMILES string of the molecule is C=NOc1ccc(SN2CC3(CCC3)CC2C)cc1C. The van der Waals surface area contributed by atoms with Gasteiger partial charge in [-0.2, -0.15) is 0 Å². The fourth-order valence-corrected chi connectivity index (χ4v) is 4.65. The van der Waals surface area contributed by atoms with Crippen molar-refractivity contribution in [1.29, 1.82) is 0 Å². The van der Waals surface area contributed by atoms with Gasteiger partial charge in [0.2, 0.25) is 0 Å². The minimum atomic E-state index is 0.636. The number of hydrogen-bond donors (Lipinski definition) is 0. The van der Waals surface area contributed by atoms with Crippen LogP contribution in [0.3, 0.4) is 0 Å². The van der Waals surface area contributed by atoms with Crippen LogP contribution in [0.15, 0.2) is 28.3 Å². The molecule has 2 fully saturated rings. The van der Waals surface area contributed by atoms with E-state index in [9.17, 15) is 0 Å². The molecule has 20 heavy (non-hydrogen) atoms. The number of hydrogen-bond acceptors (Lipinski definition) is 4. The first kappa shape index (κ1) is 14.0. The molecule has 1 saturated heterocycles. The van der Waals surface area contributed by atoms with Crippen molar-refractivity contribution in [3.63, 3.8) is 0 Å². The van der Waals surface area contributed by atoms with Crippen LogP contribution in [0.5, 0.6) is 5.75 Å². The Morgan fingerprint density at radius 1 is 1.45 bits per heavy atom. The van der Waals surface area contributed by atoms with E-state index in [-0.39, 0.29) is 0 Å². The average molecular weight is 290 g/mol. The second-order valence-corrected chi connectivity index (χ2v) is 7.34. The summed E-state index contributed by atoms with van der Waals surface area (Å²) in [5, 5.41) is 3.48. The first-order chi connectivity index (χ1) is 9.62. The Morgan fingerprint density at radius 3 is 2.80 bits per heavy atom. The maximum Gasteiger partial charge on any atom is 0.160 e. The van der Waals surface area contributed by atoms with Crippen LogP contribution in [-0.2, 0) is 0 Å². The van der Waals surface area contributed by atoms with Crippen molar-refractivity contribution in [3.8, 4) is 5.75 Å². The maximum atomic E-state index is 5.13. The van der Waals surface area contributed by atoms with Crippen LogP contribution in [0, 0.1) is 12.3 Å². The van der Waals surface area contributed by atoms with E-state index in [2.05, 4.69) is 35.2 Å². The van der Waals surface area contributed by atoms with E-state index in [4.69, 9.17) is 4.84 Å². The third-order valence-electron chi connectivity index (χ3n) is 4.66. The Labute approximate surface area is 125 Å². The summed E-state index contributed by atoms with van der Waals surface area (Å²) in [4.78, 5) is 6.41. The molecule has 3 rings (SSSR count). The molecule has 108 valence electrons. The lowest BCUT2D eigenvalue weighted by Crippen LogP contribution is -2.31. The summed E-state index contributed by atoms with van der Waals surface area (Å²) in [6, 6.07) is 6.93. The molecular weight excluding hydrogens is 268 g/mol. The quantitative estimate of drug-likeness (QED) is 0.470. The summed E-state index contributed by atoms with van der Waals surface area (Å²) in [5.41, 5.74) is 1.74. The molecule has 4 heteroatoms. The fourth-order valence-electron chi connectivity index (χ4n) is 3.43. The molecule has 1 saturated carbocycles. The Bertz CT molecular complexity index is 513. The van der Waals surface area contributed by atoms with Crippen LogP contribution in [0.1, 0.15) is 38.2 Å². The van der Waals surface area contributed by atoms with E-state index in [0.717, 1.165) is 11.3 Å². The van der Waals surface area contributed by atoms with Crippen LogP contribution in [0.2, 0.25) is 0 Å². The van der Waals surface area contributed by atoms with Crippen molar-refractivity contribution in [2.45, 2.75) is 50.5 Å². The summed E-state index contributed by atoms with van der Waals surface area (Å²) >= 11 is 1.88. The molecular formula is C16H22N2OS. The zero-order valence-electron chi connectivity index (χ0n) is 12.3. The second kappa shape index (κ2) is 5.41. The van der Waals surface area contributed by atoms with E-state index in [1.165, 1.54) is 37.1 Å². The van der Waals surface area contributed by atoms with Crippen molar-refractivity contribution < 1.29 is 4.84 Å². The first-order valence-electron chi connectivity index (χ1n) is 7.30. The zero-order valence-corrected chi connectivity index (χ0v) is 13.1. The highest BCUT2D eigenvalue weighted by Crippen LogP contribution is 2.52. The highest BCUT2D eigenvalue weighted by atomic mass is 32.2. The molecule has 1 aliphatic heterocycles. The Kier molecular flexibility index (Phi) is 3.78. The van der Waals surface area contributed by atoms with E-state index < -0.39 is 0 Å². The molecule has 1 atom stereocenters. The van der Waals surface area contributed by atoms with Gasteiger partial charge in [-0.1, -0.05) is 11.6 Å². The van der Waals surface area contributed by atoms with Gasteiger partial charge in [-0.05, 0) is 74.2 Å². The van der Waals surface area contributed by atoms with Gasteiger partial charge in [0.15, 0.2) is 5.75 Å². The molecule has 0 amide bonds. The Balaban J connectivity index is 1.68. The van der Waals surface area contributed by atoms with Crippen molar-refractivity contribution in [1.82, 2.24) is 4.31 Å². The topological polar surface area (TPSA) is 24.8 Å². The lowest BCUT2D eigenvalue weighted by atomic mass is 9.68. The molecule has 1 heterocycles. The molecule has 0 radical (unpaired) electrons. The third-order valence-corrected chi connectivity index (χ3v) is 5.85. The molecule has 0 aromatic heterocycles. The summed E-state index contributed by atoms with van der Waals surface area (Å²) in [6.07, 6.45) is 5.63. The van der Waals surface area contributed by atoms with Crippen LogP contribution >= 0.6 is 11.9 Å². The number of aryl methyl sites for hydroxylation is 1. The van der Waals surface area contributed by atoms with Crippen molar-refractivity contribution in [2.24, 2.45) is 10.6 Å². The van der Waals surface area contributed by atoms with E-state index in [0.29, 0.717) is 11.5 Å². The zero-order chi connectivity index (χ0) is 14.2. The molecule has 0 bridgehead atoms. The van der Waals surface area contributed by atoms with E-state index >= 15 is 0 Å². The Hall–Kier alpha value is -1.00. The Morgan fingerprint density at radius 2 is 2.25 bits per heavy atom. The maximum absolute atomic E-state index is 5.13. The van der Waals surface area contributed by atoms with Gasteiger partial charge in [0, 0.05) is 24.2 Å². The summed E-state index contributed by atoms with van der Waals surface area (Å²) in [7, 11) is 0. The largest absolute Gasteiger partial charge is 0.357 e. The minimum absolute atomic E-state index is 0.636. The first-order valence-corrected chi connectivity index (χ1v) is 8.08. The van der Waals surface area contributed by atoms with E-state index in [1.54, 1.807) is 0 Å². The molecule has 2 aliphatic rings. The van der Waals surface area contributed by atoms with Crippen molar-refractivity contribution >= 4 is 18.7 Å². The van der Waals surface area contributed by atoms with Gasteiger partial charge in [-0.15, -0.1) is 0 Å². The minimum Gasteiger partial charge on any atom is -0.357 e. The van der Waals surface area contributed by atoms with Crippen molar-refractivity contribution in [2.75, 3.05) is 6.54 Å². The predicted octanol–water partition coefficient (Wildman–Crippen LogP) is 4.26. The molecule has 3 nitrogen and oxygen atoms in total. The van der Waals surface area contributed by atoms with Gasteiger partial charge in [-0.3, -0.25) is 0 Å². The van der Waals surface area contributed by atoms with Crippen molar-refractivity contribution in [3.05, 3.63) is 23.8 Å². The number of nitrogens with zero attached hydrogens (tertiary/aromatic N) is 2. The molecule has 1 aromatic carbocycles. The summed E-state index contributed by atoms with van der Waals surface area (Å²) in [6.45, 7) is 9.00. The van der Waals surface area contributed by atoms with Gasteiger partial charge in [-0.25, -0.2) is 4.31 Å². The van der Waals surface area contributed by atoms with Crippen LogP contribution in [0.25, 0.3) is 0 Å². The van der Waals surface area contributed by atoms with Gasteiger partial charge in [0.05, 0.1) is 0 Å². The number of oxime groups is 1. The monoisotopic (exact) mass is 290 g/mol. The smallest absolute Gasteiger partial charge is 0.160 e. The molecule has 1 aliphatic carbocycles. The van der Waals surface area contributed by atoms with Gasteiger partial charge < -0.3 is 4.84 Å². The van der Waals surface area contributed by atoms with E-state index in [1.807, 2.05) is 24.9 Å². The summed E-state index contributed by atoms with van der Waals surface area (Å²) in [5.74, 6) is 0.786. The van der Waals surface area contributed by atoms with Gasteiger partial charge in [0.1, 0.15) is 0 Å². The van der Waals surface area contributed by atoms with Crippen LogP contribution in [0.4, 0.5) is 0 Å². The molecule has 1 spiro atoms.